The normalized spacial score (nSPS) is 20.1. The summed E-state index contributed by atoms with van der Waals surface area (Å²) in [5.41, 5.74) is 0.857. The summed E-state index contributed by atoms with van der Waals surface area (Å²) in [5.74, 6) is -0.846. The van der Waals surface area contributed by atoms with Crippen molar-refractivity contribution in [1.29, 1.82) is 0 Å². The van der Waals surface area contributed by atoms with E-state index < -0.39 is 5.82 Å². The lowest BCUT2D eigenvalue weighted by Crippen LogP contribution is -2.26. The Balaban J connectivity index is 2.41. The first-order valence-electron chi connectivity index (χ1n) is 5.40. The Bertz CT molecular complexity index is 464. The molecule has 3 nitrogen and oxygen atoms in total. The maximum atomic E-state index is 13.7. The first-order chi connectivity index (χ1) is 8.04. The number of carbonyl (C=O) groups excluding carboxylic acids is 1. The summed E-state index contributed by atoms with van der Waals surface area (Å²) in [7, 11) is 0. The molecule has 92 valence electrons. The molecule has 0 saturated carbocycles. The highest BCUT2D eigenvalue weighted by molar-refractivity contribution is 6.34. The first kappa shape index (κ1) is 12.3. The van der Waals surface area contributed by atoms with Crippen LogP contribution in [0.3, 0.4) is 0 Å². The average molecular weight is 258 g/mol. The fourth-order valence-electron chi connectivity index (χ4n) is 2.01. The third kappa shape index (κ3) is 2.15. The van der Waals surface area contributed by atoms with Crippen LogP contribution in [-0.4, -0.2) is 24.2 Å². The molecule has 0 bridgehead atoms. The smallest absolute Gasteiger partial charge is 0.227 e. The Morgan fingerprint density at radius 1 is 1.59 bits per heavy atom. The molecule has 1 aromatic carbocycles. The summed E-state index contributed by atoms with van der Waals surface area (Å²) in [6, 6.07) is 2.88. The molecule has 1 N–H and O–H groups in total. The lowest BCUT2D eigenvalue weighted by atomic mass is 10.1. The number of carbonyl (C=O) groups is 1. The van der Waals surface area contributed by atoms with E-state index >= 15 is 0 Å². The number of amides is 1. The van der Waals surface area contributed by atoms with Gasteiger partial charge in [0, 0.05) is 25.5 Å². The summed E-state index contributed by atoms with van der Waals surface area (Å²) in [6.07, 6.45) is 0.236. The van der Waals surface area contributed by atoms with Crippen LogP contribution in [0.2, 0.25) is 5.02 Å². The van der Waals surface area contributed by atoms with Gasteiger partial charge in [-0.05, 0) is 18.6 Å². The maximum Gasteiger partial charge on any atom is 0.227 e. The van der Waals surface area contributed by atoms with E-state index in [1.54, 1.807) is 13.0 Å². The van der Waals surface area contributed by atoms with Crippen LogP contribution in [0.4, 0.5) is 10.1 Å². The topological polar surface area (TPSA) is 40.5 Å². The van der Waals surface area contributed by atoms with Gasteiger partial charge in [0.15, 0.2) is 0 Å². The van der Waals surface area contributed by atoms with E-state index in [0.717, 1.165) is 5.56 Å². The Morgan fingerprint density at radius 3 is 2.88 bits per heavy atom. The van der Waals surface area contributed by atoms with Crippen LogP contribution < -0.4 is 4.90 Å². The van der Waals surface area contributed by atoms with Crippen LogP contribution in [-0.2, 0) is 4.79 Å². The fraction of sp³-hybridized carbons (Fsp3) is 0.417. The SMILES string of the molecule is Cc1ccc(F)c(N2CC(CO)CC2=O)c1Cl. The third-order valence-corrected chi connectivity index (χ3v) is 3.47. The molecule has 1 fully saturated rings. The monoisotopic (exact) mass is 257 g/mol. The Morgan fingerprint density at radius 2 is 2.29 bits per heavy atom. The quantitative estimate of drug-likeness (QED) is 0.882. The van der Waals surface area contributed by atoms with E-state index in [1.807, 2.05) is 0 Å². The number of anilines is 1. The minimum atomic E-state index is -0.507. The molecular formula is C12H13ClFNO2. The van der Waals surface area contributed by atoms with Gasteiger partial charge in [0.25, 0.3) is 0 Å². The van der Waals surface area contributed by atoms with E-state index in [4.69, 9.17) is 16.7 Å². The highest BCUT2D eigenvalue weighted by atomic mass is 35.5. The van der Waals surface area contributed by atoms with Crippen LogP contribution in [0.15, 0.2) is 12.1 Å². The maximum absolute atomic E-state index is 13.7. The van der Waals surface area contributed by atoms with E-state index in [9.17, 15) is 9.18 Å². The van der Waals surface area contributed by atoms with Crippen molar-refractivity contribution >= 4 is 23.2 Å². The molecule has 1 aliphatic rings. The summed E-state index contributed by atoms with van der Waals surface area (Å²) in [5, 5.41) is 9.30. The van der Waals surface area contributed by atoms with Gasteiger partial charge in [-0.15, -0.1) is 0 Å². The van der Waals surface area contributed by atoms with Crippen LogP contribution >= 0.6 is 11.6 Å². The van der Waals surface area contributed by atoms with Crippen molar-refractivity contribution in [3.63, 3.8) is 0 Å². The minimum Gasteiger partial charge on any atom is -0.396 e. The predicted molar refractivity (Wildman–Crippen MR) is 63.7 cm³/mol. The third-order valence-electron chi connectivity index (χ3n) is 2.99. The van der Waals surface area contributed by atoms with Crippen LogP contribution in [0.5, 0.6) is 0 Å². The molecule has 1 aromatic rings. The highest BCUT2D eigenvalue weighted by Gasteiger charge is 2.33. The van der Waals surface area contributed by atoms with Crippen molar-refractivity contribution in [2.45, 2.75) is 13.3 Å². The summed E-state index contributed by atoms with van der Waals surface area (Å²) in [6.45, 7) is 2.00. The largest absolute Gasteiger partial charge is 0.396 e. The summed E-state index contributed by atoms with van der Waals surface area (Å²) < 4.78 is 13.7. The number of nitrogens with zero attached hydrogens (tertiary/aromatic N) is 1. The Labute approximate surface area is 104 Å². The van der Waals surface area contributed by atoms with Gasteiger partial charge in [-0.1, -0.05) is 17.7 Å². The van der Waals surface area contributed by atoms with Gasteiger partial charge in [-0.2, -0.15) is 0 Å². The molecule has 0 aromatic heterocycles. The number of hydrogen-bond donors (Lipinski definition) is 1. The molecule has 1 amide bonds. The molecule has 0 spiro atoms. The first-order valence-corrected chi connectivity index (χ1v) is 5.78. The lowest BCUT2D eigenvalue weighted by molar-refractivity contribution is -0.117. The van der Waals surface area contributed by atoms with Gasteiger partial charge in [0.1, 0.15) is 5.82 Å². The van der Waals surface area contributed by atoms with Gasteiger partial charge < -0.3 is 10.0 Å². The Kier molecular flexibility index (Phi) is 3.35. The van der Waals surface area contributed by atoms with Gasteiger partial charge >= 0.3 is 0 Å². The molecule has 2 rings (SSSR count). The molecule has 1 unspecified atom stereocenters. The molecule has 1 aliphatic heterocycles. The van der Waals surface area contributed by atoms with E-state index in [0.29, 0.717) is 6.54 Å². The van der Waals surface area contributed by atoms with Gasteiger partial charge in [-0.3, -0.25) is 4.79 Å². The van der Waals surface area contributed by atoms with Crippen molar-refractivity contribution in [3.05, 3.63) is 28.5 Å². The predicted octanol–water partition coefficient (Wildman–Crippen LogP) is 2.13. The summed E-state index contributed by atoms with van der Waals surface area (Å²) >= 11 is 6.04. The second-order valence-electron chi connectivity index (χ2n) is 4.28. The van der Waals surface area contributed by atoms with Crippen LogP contribution in [0, 0.1) is 18.7 Å². The van der Waals surface area contributed by atoms with E-state index in [2.05, 4.69) is 0 Å². The molecule has 1 heterocycles. The molecule has 17 heavy (non-hydrogen) atoms. The molecule has 5 heteroatoms. The van der Waals surface area contributed by atoms with Gasteiger partial charge in [0.2, 0.25) is 5.91 Å². The van der Waals surface area contributed by atoms with Crippen molar-refractivity contribution in [2.75, 3.05) is 18.1 Å². The molecule has 1 saturated heterocycles. The van der Waals surface area contributed by atoms with Crippen LogP contribution in [0.25, 0.3) is 0 Å². The number of benzene rings is 1. The standard InChI is InChI=1S/C12H13ClFNO2/c1-7-2-3-9(14)12(11(7)13)15-5-8(6-16)4-10(15)17/h2-3,8,16H,4-6H2,1H3. The number of halogens is 2. The van der Waals surface area contributed by atoms with E-state index in [1.165, 1.54) is 11.0 Å². The van der Waals surface area contributed by atoms with Crippen LogP contribution in [0.1, 0.15) is 12.0 Å². The lowest BCUT2D eigenvalue weighted by Gasteiger charge is -2.19. The van der Waals surface area contributed by atoms with Crippen molar-refractivity contribution in [3.8, 4) is 0 Å². The summed E-state index contributed by atoms with van der Waals surface area (Å²) in [4.78, 5) is 13.1. The van der Waals surface area contributed by atoms with Crippen molar-refractivity contribution in [2.24, 2.45) is 5.92 Å². The number of aliphatic hydroxyl groups is 1. The number of aliphatic hydroxyl groups excluding tert-OH is 1. The number of aryl methyl sites for hydroxylation is 1. The van der Waals surface area contributed by atoms with Gasteiger partial charge in [0.05, 0.1) is 10.7 Å². The zero-order chi connectivity index (χ0) is 12.6. The van der Waals surface area contributed by atoms with Gasteiger partial charge in [-0.25, -0.2) is 4.39 Å². The molecular weight excluding hydrogens is 245 g/mol. The minimum absolute atomic E-state index is 0.0761. The number of hydrogen-bond acceptors (Lipinski definition) is 2. The zero-order valence-corrected chi connectivity index (χ0v) is 10.2. The number of rotatable bonds is 2. The Hall–Kier alpha value is -1.13. The average Bonchev–Trinajstić information content (AvgIpc) is 2.66. The second kappa shape index (κ2) is 4.63. The highest BCUT2D eigenvalue weighted by Crippen LogP contribution is 2.35. The molecule has 0 aliphatic carbocycles. The molecule has 0 radical (unpaired) electrons. The zero-order valence-electron chi connectivity index (χ0n) is 9.41. The fourth-order valence-corrected chi connectivity index (χ4v) is 2.26. The van der Waals surface area contributed by atoms with Crippen molar-refractivity contribution in [1.82, 2.24) is 0 Å². The van der Waals surface area contributed by atoms with Crippen molar-refractivity contribution < 1.29 is 14.3 Å². The molecule has 1 atom stereocenters. The van der Waals surface area contributed by atoms with E-state index in [-0.39, 0.29) is 35.6 Å². The second-order valence-corrected chi connectivity index (χ2v) is 4.66.